The molecule has 4 rings (SSSR count). The van der Waals surface area contributed by atoms with E-state index in [9.17, 15) is 4.79 Å². The minimum atomic E-state index is -0.216. The lowest BCUT2D eigenvalue weighted by Gasteiger charge is -2.03. The summed E-state index contributed by atoms with van der Waals surface area (Å²) in [6.45, 7) is 0.374. The van der Waals surface area contributed by atoms with Crippen molar-refractivity contribution >= 4 is 17.4 Å². The van der Waals surface area contributed by atoms with E-state index in [1.165, 1.54) is 27.2 Å². The van der Waals surface area contributed by atoms with Crippen LogP contribution in [0.1, 0.15) is 5.56 Å². The van der Waals surface area contributed by atoms with Crippen molar-refractivity contribution < 1.29 is 4.74 Å². The molecule has 0 bridgehead atoms. The average Bonchev–Trinajstić information content (AvgIpc) is 2.98. The third-order valence-electron chi connectivity index (χ3n) is 3.88. The van der Waals surface area contributed by atoms with Crippen molar-refractivity contribution in [3.8, 4) is 5.75 Å². The minimum absolute atomic E-state index is 0.216. The van der Waals surface area contributed by atoms with Crippen LogP contribution in [0.15, 0.2) is 81.7 Å². The molecule has 0 spiro atoms. The van der Waals surface area contributed by atoms with Crippen LogP contribution in [0.4, 0.5) is 0 Å². The molecule has 2 heterocycles. The van der Waals surface area contributed by atoms with Gasteiger partial charge in [-0.1, -0.05) is 42.1 Å². The number of hydrogen-bond donors (Lipinski definition) is 0. The molecule has 0 unspecified atom stereocenters. The van der Waals surface area contributed by atoms with Crippen LogP contribution in [0.5, 0.6) is 5.75 Å². The Bertz CT molecular complexity index is 1110. The topological polar surface area (TPSA) is 61.4 Å². The second-order valence-electron chi connectivity index (χ2n) is 5.66. The zero-order valence-electron chi connectivity index (χ0n) is 14.1. The third-order valence-corrected chi connectivity index (χ3v) is 4.82. The molecule has 4 aromatic rings. The number of benzene rings is 2. The highest BCUT2D eigenvalue weighted by atomic mass is 32.2. The molecule has 6 nitrogen and oxygen atoms in total. The van der Waals surface area contributed by atoms with Gasteiger partial charge in [-0.3, -0.25) is 0 Å². The molecule has 2 aromatic carbocycles. The van der Waals surface area contributed by atoms with Crippen molar-refractivity contribution in [2.75, 3.05) is 7.11 Å². The summed E-state index contributed by atoms with van der Waals surface area (Å²) < 4.78 is 8.12. The lowest BCUT2D eigenvalue weighted by molar-refractivity contribution is 0.414. The van der Waals surface area contributed by atoms with Gasteiger partial charge in [-0.2, -0.15) is 0 Å². The number of ether oxygens (including phenoxy) is 1. The fourth-order valence-corrected chi connectivity index (χ4v) is 3.42. The standard InChI is InChI=1S/C19H16N4O2S/c1-25-15-7-5-6-14(10-15)12-23-19(24)22-13-20-18(11-17(22)21-23)26-16-8-3-2-4-9-16/h2-11,13H,12H2,1H3. The van der Waals surface area contributed by atoms with E-state index in [4.69, 9.17) is 4.74 Å². The van der Waals surface area contributed by atoms with Gasteiger partial charge in [-0.15, -0.1) is 5.10 Å². The molecule has 0 aliphatic carbocycles. The lowest BCUT2D eigenvalue weighted by Crippen LogP contribution is -2.21. The van der Waals surface area contributed by atoms with E-state index in [-0.39, 0.29) is 5.69 Å². The lowest BCUT2D eigenvalue weighted by atomic mass is 10.2. The first-order chi connectivity index (χ1) is 12.7. The Hall–Kier alpha value is -3.06. The molecule has 0 amide bonds. The Balaban J connectivity index is 1.64. The van der Waals surface area contributed by atoms with Crippen LogP contribution in [0.3, 0.4) is 0 Å². The van der Waals surface area contributed by atoms with E-state index in [0.29, 0.717) is 12.2 Å². The molecule has 0 radical (unpaired) electrons. The smallest absolute Gasteiger partial charge is 0.351 e. The summed E-state index contributed by atoms with van der Waals surface area (Å²) in [5, 5.41) is 5.23. The maximum atomic E-state index is 12.5. The van der Waals surface area contributed by atoms with Gasteiger partial charge >= 0.3 is 5.69 Å². The van der Waals surface area contributed by atoms with Crippen LogP contribution < -0.4 is 10.4 Å². The van der Waals surface area contributed by atoms with Crippen molar-refractivity contribution in [1.29, 1.82) is 0 Å². The first-order valence-electron chi connectivity index (χ1n) is 8.04. The molecular formula is C19H16N4O2S. The SMILES string of the molecule is COc1cccc(Cn2nc3cc(Sc4ccccc4)ncn3c2=O)c1. The maximum absolute atomic E-state index is 12.5. The normalized spacial score (nSPS) is 11.0. The van der Waals surface area contributed by atoms with E-state index >= 15 is 0 Å². The first-order valence-corrected chi connectivity index (χ1v) is 8.85. The van der Waals surface area contributed by atoms with E-state index in [2.05, 4.69) is 10.1 Å². The van der Waals surface area contributed by atoms with E-state index in [0.717, 1.165) is 21.2 Å². The van der Waals surface area contributed by atoms with Gasteiger partial charge in [-0.25, -0.2) is 18.9 Å². The van der Waals surface area contributed by atoms with Crippen LogP contribution in [-0.2, 0) is 6.54 Å². The Kier molecular flexibility index (Phi) is 4.45. The number of methoxy groups -OCH3 is 1. The molecule has 0 aliphatic rings. The quantitative estimate of drug-likeness (QED) is 0.509. The minimum Gasteiger partial charge on any atom is -0.497 e. The molecule has 0 fully saturated rings. The Morgan fingerprint density at radius 2 is 1.92 bits per heavy atom. The molecule has 2 aromatic heterocycles. The zero-order chi connectivity index (χ0) is 17.9. The molecule has 0 atom stereocenters. The van der Waals surface area contributed by atoms with E-state index < -0.39 is 0 Å². The van der Waals surface area contributed by atoms with E-state index in [1.54, 1.807) is 7.11 Å². The summed E-state index contributed by atoms with van der Waals surface area (Å²) in [5.41, 5.74) is 1.31. The molecule has 7 heteroatoms. The van der Waals surface area contributed by atoms with Crippen molar-refractivity contribution in [1.82, 2.24) is 19.2 Å². The molecule has 130 valence electrons. The number of fused-ring (bicyclic) bond motifs is 1. The fraction of sp³-hybridized carbons (Fsp3) is 0.105. The fourth-order valence-electron chi connectivity index (χ4n) is 2.62. The Labute approximate surface area is 154 Å². The molecule has 26 heavy (non-hydrogen) atoms. The van der Waals surface area contributed by atoms with Crippen LogP contribution >= 0.6 is 11.8 Å². The highest BCUT2D eigenvalue weighted by Crippen LogP contribution is 2.25. The molecular weight excluding hydrogens is 348 g/mol. The second-order valence-corrected chi connectivity index (χ2v) is 6.76. The summed E-state index contributed by atoms with van der Waals surface area (Å²) in [6.07, 6.45) is 1.53. The molecule has 0 aliphatic heterocycles. The van der Waals surface area contributed by atoms with Gasteiger partial charge in [0.25, 0.3) is 0 Å². The van der Waals surface area contributed by atoms with Gasteiger partial charge < -0.3 is 4.74 Å². The number of nitrogens with zero attached hydrogens (tertiary/aromatic N) is 4. The van der Waals surface area contributed by atoms with Crippen LogP contribution in [-0.4, -0.2) is 26.3 Å². The Morgan fingerprint density at radius 1 is 1.08 bits per heavy atom. The van der Waals surface area contributed by atoms with Crippen molar-refractivity contribution in [3.63, 3.8) is 0 Å². The summed E-state index contributed by atoms with van der Waals surface area (Å²) in [4.78, 5) is 18.0. The third kappa shape index (κ3) is 3.34. The van der Waals surface area contributed by atoms with Gasteiger partial charge in [0, 0.05) is 11.0 Å². The monoisotopic (exact) mass is 364 g/mol. The zero-order valence-corrected chi connectivity index (χ0v) is 14.9. The van der Waals surface area contributed by atoms with Gasteiger partial charge in [0.1, 0.15) is 17.1 Å². The number of hydrogen-bond acceptors (Lipinski definition) is 5. The van der Waals surface area contributed by atoms with Crippen LogP contribution in [0.25, 0.3) is 5.65 Å². The maximum Gasteiger partial charge on any atom is 0.351 e. The van der Waals surface area contributed by atoms with Crippen molar-refractivity contribution in [3.05, 3.63) is 83.0 Å². The first kappa shape index (κ1) is 16.4. The van der Waals surface area contributed by atoms with Gasteiger partial charge in [0.15, 0.2) is 5.65 Å². The largest absolute Gasteiger partial charge is 0.497 e. The van der Waals surface area contributed by atoms with Crippen molar-refractivity contribution in [2.24, 2.45) is 0 Å². The van der Waals surface area contributed by atoms with Crippen LogP contribution in [0.2, 0.25) is 0 Å². The summed E-state index contributed by atoms with van der Waals surface area (Å²) >= 11 is 1.53. The highest BCUT2D eigenvalue weighted by Gasteiger charge is 2.10. The van der Waals surface area contributed by atoms with Crippen molar-refractivity contribution in [2.45, 2.75) is 16.5 Å². The molecule has 0 N–H and O–H groups in total. The predicted molar refractivity (Wildman–Crippen MR) is 99.9 cm³/mol. The Morgan fingerprint density at radius 3 is 2.73 bits per heavy atom. The molecule has 0 saturated carbocycles. The van der Waals surface area contributed by atoms with Gasteiger partial charge in [0.05, 0.1) is 13.7 Å². The summed E-state index contributed by atoms with van der Waals surface area (Å²) in [7, 11) is 1.62. The number of rotatable bonds is 5. The summed E-state index contributed by atoms with van der Waals surface area (Å²) in [6, 6.07) is 19.4. The highest BCUT2D eigenvalue weighted by molar-refractivity contribution is 7.99. The van der Waals surface area contributed by atoms with Crippen LogP contribution in [0, 0.1) is 0 Å². The molecule has 0 saturated heterocycles. The van der Waals surface area contributed by atoms with Gasteiger partial charge in [0.2, 0.25) is 0 Å². The second kappa shape index (κ2) is 7.05. The van der Waals surface area contributed by atoms with E-state index in [1.807, 2.05) is 60.7 Å². The predicted octanol–water partition coefficient (Wildman–Crippen LogP) is 3.10. The average molecular weight is 364 g/mol. The number of aromatic nitrogens is 4. The van der Waals surface area contributed by atoms with Gasteiger partial charge in [-0.05, 0) is 29.8 Å². The summed E-state index contributed by atoms with van der Waals surface area (Å²) in [5.74, 6) is 0.752.